The molecule has 20 heavy (non-hydrogen) atoms. The van der Waals surface area contributed by atoms with Gasteiger partial charge in [0.05, 0.1) is 18.1 Å². The van der Waals surface area contributed by atoms with Crippen molar-refractivity contribution in [2.75, 3.05) is 5.32 Å². The number of aryl methyl sites for hydroxylation is 2. The molecule has 3 aromatic rings. The maximum atomic E-state index is 12.3. The maximum Gasteiger partial charge on any atom is 0.256 e. The highest BCUT2D eigenvalue weighted by Crippen LogP contribution is 2.20. The highest BCUT2D eigenvalue weighted by atomic mass is 16.1. The van der Waals surface area contributed by atoms with Gasteiger partial charge in [-0.05, 0) is 25.1 Å². The fraction of sp³-hybridized carbons (Fsp3) is 0.133. The second kappa shape index (κ2) is 4.77. The lowest BCUT2D eigenvalue weighted by Crippen LogP contribution is -2.12. The van der Waals surface area contributed by atoms with Crippen LogP contribution in [0.3, 0.4) is 0 Å². The summed E-state index contributed by atoms with van der Waals surface area (Å²) >= 11 is 0. The van der Waals surface area contributed by atoms with Gasteiger partial charge in [0, 0.05) is 29.7 Å². The Bertz CT molecular complexity index is 774. The number of nitrogens with zero attached hydrogens (tertiary/aromatic N) is 3. The molecule has 0 radical (unpaired) electrons. The molecule has 0 unspecified atom stereocenters. The minimum absolute atomic E-state index is 0.158. The molecule has 0 bridgehead atoms. The third kappa shape index (κ3) is 2.14. The number of carbonyl (C=O) groups excluding carboxylic acids is 1. The first-order valence-electron chi connectivity index (χ1n) is 6.29. The first-order chi connectivity index (χ1) is 9.65. The normalized spacial score (nSPS) is 10.7. The molecule has 1 aromatic carbocycles. The highest BCUT2D eigenvalue weighted by Gasteiger charge is 2.11. The summed E-state index contributed by atoms with van der Waals surface area (Å²) in [4.78, 5) is 20.5. The van der Waals surface area contributed by atoms with Gasteiger partial charge in [0.25, 0.3) is 5.91 Å². The van der Waals surface area contributed by atoms with Gasteiger partial charge in [-0.15, -0.1) is 0 Å². The Morgan fingerprint density at radius 1 is 1.20 bits per heavy atom. The summed E-state index contributed by atoms with van der Waals surface area (Å²) in [6.07, 6.45) is 5.15. The second-order valence-electron chi connectivity index (χ2n) is 4.64. The van der Waals surface area contributed by atoms with Gasteiger partial charge in [-0.3, -0.25) is 4.79 Å². The van der Waals surface area contributed by atoms with Crippen LogP contribution in [0.5, 0.6) is 0 Å². The quantitative estimate of drug-likeness (QED) is 0.775. The number of aromatic nitrogens is 3. The number of hydrogen-bond acceptors (Lipinski definition) is 3. The number of nitrogens with one attached hydrogen (secondary N) is 1. The molecule has 1 N–H and O–H groups in total. The van der Waals surface area contributed by atoms with E-state index in [0.29, 0.717) is 17.1 Å². The summed E-state index contributed by atoms with van der Waals surface area (Å²) in [6.45, 7) is 1.80. The predicted molar refractivity (Wildman–Crippen MR) is 77.6 cm³/mol. The number of amides is 1. The molecule has 0 fully saturated rings. The van der Waals surface area contributed by atoms with E-state index in [2.05, 4.69) is 15.3 Å². The van der Waals surface area contributed by atoms with Gasteiger partial charge in [0.1, 0.15) is 5.82 Å². The van der Waals surface area contributed by atoms with Crippen molar-refractivity contribution in [3.05, 3.63) is 54.2 Å². The molecule has 0 atom stereocenters. The zero-order chi connectivity index (χ0) is 14.1. The van der Waals surface area contributed by atoms with Crippen molar-refractivity contribution in [1.82, 2.24) is 14.5 Å². The Labute approximate surface area is 116 Å². The van der Waals surface area contributed by atoms with E-state index in [1.54, 1.807) is 19.3 Å². The summed E-state index contributed by atoms with van der Waals surface area (Å²) in [5.41, 5.74) is 2.26. The van der Waals surface area contributed by atoms with Crippen LogP contribution >= 0.6 is 0 Å². The standard InChI is InChI=1S/C15H14N4O/c1-10-16-8-11(9-17-10)18-15(20)13-4-3-5-14-12(13)6-7-19(14)2/h3-9H,1-2H3,(H,18,20). The monoisotopic (exact) mass is 266 g/mol. The van der Waals surface area contributed by atoms with Crippen LogP contribution in [0, 0.1) is 6.92 Å². The van der Waals surface area contributed by atoms with Gasteiger partial charge in [-0.25, -0.2) is 9.97 Å². The van der Waals surface area contributed by atoms with Crippen LogP contribution in [0.1, 0.15) is 16.2 Å². The molecule has 0 spiro atoms. The van der Waals surface area contributed by atoms with Gasteiger partial charge in [0.2, 0.25) is 0 Å². The van der Waals surface area contributed by atoms with Gasteiger partial charge < -0.3 is 9.88 Å². The summed E-state index contributed by atoms with van der Waals surface area (Å²) < 4.78 is 1.99. The Hall–Kier alpha value is -2.69. The summed E-state index contributed by atoms with van der Waals surface area (Å²) in [6, 6.07) is 7.62. The molecule has 3 rings (SSSR count). The molecule has 5 nitrogen and oxygen atoms in total. The van der Waals surface area contributed by atoms with Crippen LogP contribution in [0.25, 0.3) is 10.9 Å². The molecule has 100 valence electrons. The minimum atomic E-state index is -0.158. The maximum absolute atomic E-state index is 12.3. The first-order valence-corrected chi connectivity index (χ1v) is 6.29. The summed E-state index contributed by atoms with van der Waals surface area (Å²) in [7, 11) is 1.96. The predicted octanol–water partition coefficient (Wildman–Crippen LogP) is 2.53. The number of carbonyl (C=O) groups is 1. The Balaban J connectivity index is 1.94. The Morgan fingerprint density at radius 2 is 1.95 bits per heavy atom. The minimum Gasteiger partial charge on any atom is -0.351 e. The molecular formula is C15H14N4O. The fourth-order valence-corrected chi connectivity index (χ4v) is 2.16. The van der Waals surface area contributed by atoms with Gasteiger partial charge in [0.15, 0.2) is 0 Å². The van der Waals surface area contributed by atoms with Gasteiger partial charge >= 0.3 is 0 Å². The van der Waals surface area contributed by atoms with Crippen LogP contribution in [0.2, 0.25) is 0 Å². The fourth-order valence-electron chi connectivity index (χ4n) is 2.16. The lowest BCUT2D eigenvalue weighted by atomic mass is 10.1. The lowest BCUT2D eigenvalue weighted by molar-refractivity contribution is 0.102. The van der Waals surface area contributed by atoms with Crippen molar-refractivity contribution in [2.45, 2.75) is 6.92 Å². The molecule has 0 saturated carbocycles. The number of benzene rings is 1. The highest BCUT2D eigenvalue weighted by molar-refractivity contribution is 6.12. The molecule has 2 heterocycles. The molecular weight excluding hydrogens is 252 g/mol. The van der Waals surface area contributed by atoms with Crippen LogP contribution in [0.4, 0.5) is 5.69 Å². The van der Waals surface area contributed by atoms with Crippen molar-refractivity contribution in [1.29, 1.82) is 0 Å². The SMILES string of the molecule is Cc1ncc(NC(=O)c2cccc3c2ccn3C)cn1. The van der Waals surface area contributed by atoms with Gasteiger partial charge in [-0.2, -0.15) is 0 Å². The van der Waals surface area contributed by atoms with E-state index in [1.165, 1.54) is 0 Å². The number of hydrogen-bond donors (Lipinski definition) is 1. The number of rotatable bonds is 2. The zero-order valence-corrected chi connectivity index (χ0v) is 11.3. The summed E-state index contributed by atoms with van der Waals surface area (Å²) in [5.74, 6) is 0.516. The van der Waals surface area contributed by atoms with Crippen molar-refractivity contribution in [3.63, 3.8) is 0 Å². The molecule has 0 aliphatic rings. The van der Waals surface area contributed by atoms with E-state index in [9.17, 15) is 4.79 Å². The summed E-state index contributed by atoms with van der Waals surface area (Å²) in [5, 5.41) is 3.74. The Kier molecular flexibility index (Phi) is 2.95. The number of anilines is 1. The van der Waals surface area contributed by atoms with E-state index in [0.717, 1.165) is 10.9 Å². The molecule has 5 heteroatoms. The Morgan fingerprint density at radius 3 is 2.70 bits per heavy atom. The second-order valence-corrected chi connectivity index (χ2v) is 4.64. The third-order valence-electron chi connectivity index (χ3n) is 3.21. The zero-order valence-electron chi connectivity index (χ0n) is 11.3. The molecule has 0 saturated heterocycles. The number of fused-ring (bicyclic) bond motifs is 1. The van der Waals surface area contributed by atoms with Crippen molar-refractivity contribution >= 4 is 22.5 Å². The smallest absolute Gasteiger partial charge is 0.256 e. The van der Waals surface area contributed by atoms with Crippen molar-refractivity contribution in [2.24, 2.45) is 7.05 Å². The van der Waals surface area contributed by atoms with Crippen LogP contribution < -0.4 is 5.32 Å². The molecule has 1 amide bonds. The van der Waals surface area contributed by atoms with E-state index < -0.39 is 0 Å². The van der Waals surface area contributed by atoms with E-state index in [-0.39, 0.29) is 5.91 Å². The van der Waals surface area contributed by atoms with Crippen molar-refractivity contribution in [3.8, 4) is 0 Å². The van der Waals surface area contributed by atoms with Crippen LogP contribution in [-0.4, -0.2) is 20.4 Å². The third-order valence-corrected chi connectivity index (χ3v) is 3.21. The topological polar surface area (TPSA) is 59.8 Å². The largest absolute Gasteiger partial charge is 0.351 e. The van der Waals surface area contributed by atoms with E-state index in [4.69, 9.17) is 0 Å². The molecule has 2 aromatic heterocycles. The van der Waals surface area contributed by atoms with E-state index in [1.807, 2.05) is 42.1 Å². The van der Waals surface area contributed by atoms with Crippen LogP contribution in [0.15, 0.2) is 42.9 Å². The first kappa shape index (κ1) is 12.3. The van der Waals surface area contributed by atoms with Gasteiger partial charge in [-0.1, -0.05) is 6.07 Å². The molecule has 0 aliphatic heterocycles. The van der Waals surface area contributed by atoms with Crippen LogP contribution in [-0.2, 0) is 7.05 Å². The lowest BCUT2D eigenvalue weighted by Gasteiger charge is -2.06. The average molecular weight is 266 g/mol. The average Bonchev–Trinajstić information content (AvgIpc) is 2.83. The molecule has 0 aliphatic carbocycles. The van der Waals surface area contributed by atoms with Crippen molar-refractivity contribution < 1.29 is 4.79 Å². The van der Waals surface area contributed by atoms with E-state index >= 15 is 0 Å².